The molecule has 0 aliphatic rings. The number of aromatic carboxylic acids is 1. The molecule has 16 heavy (non-hydrogen) atoms. The van der Waals surface area contributed by atoms with Crippen LogP contribution in [0.1, 0.15) is 15.9 Å². The molecular weight excluding hydrogens is 230 g/mol. The molecule has 0 spiro atoms. The summed E-state index contributed by atoms with van der Waals surface area (Å²) >= 11 is 0. The van der Waals surface area contributed by atoms with Crippen LogP contribution < -0.4 is 0 Å². The molecule has 0 aliphatic carbocycles. The molecular formula is C10H13NO4S. The summed E-state index contributed by atoms with van der Waals surface area (Å²) in [5, 5.41) is 8.89. The van der Waals surface area contributed by atoms with Gasteiger partial charge in [0.05, 0.1) is 10.5 Å². The van der Waals surface area contributed by atoms with Crippen molar-refractivity contribution < 1.29 is 18.3 Å². The molecule has 0 aliphatic heterocycles. The van der Waals surface area contributed by atoms with Gasteiger partial charge in [0, 0.05) is 14.1 Å². The van der Waals surface area contributed by atoms with Gasteiger partial charge in [0.2, 0.25) is 10.0 Å². The number of nitrogens with zero attached hydrogens (tertiary/aromatic N) is 1. The van der Waals surface area contributed by atoms with Crippen molar-refractivity contribution in [2.45, 2.75) is 11.8 Å². The molecule has 0 saturated heterocycles. The van der Waals surface area contributed by atoms with E-state index in [-0.39, 0.29) is 10.5 Å². The van der Waals surface area contributed by atoms with Crippen LogP contribution in [0.25, 0.3) is 0 Å². The van der Waals surface area contributed by atoms with Gasteiger partial charge < -0.3 is 5.11 Å². The molecule has 1 aromatic rings. The molecule has 5 nitrogen and oxygen atoms in total. The number of hydrogen-bond donors (Lipinski definition) is 1. The van der Waals surface area contributed by atoms with Crippen molar-refractivity contribution in [1.82, 2.24) is 4.31 Å². The third kappa shape index (κ3) is 2.23. The quantitative estimate of drug-likeness (QED) is 0.857. The summed E-state index contributed by atoms with van der Waals surface area (Å²) in [6.45, 7) is 1.62. The van der Waals surface area contributed by atoms with Crippen LogP contribution in [-0.2, 0) is 10.0 Å². The monoisotopic (exact) mass is 243 g/mol. The molecule has 0 aromatic heterocycles. The third-order valence-electron chi connectivity index (χ3n) is 2.22. The van der Waals surface area contributed by atoms with E-state index in [0.717, 1.165) is 4.31 Å². The number of benzene rings is 1. The first-order chi connectivity index (χ1) is 7.26. The number of carboxylic acids is 1. The largest absolute Gasteiger partial charge is 0.478 e. The molecule has 0 saturated carbocycles. The normalized spacial score (nSPS) is 11.8. The van der Waals surface area contributed by atoms with Gasteiger partial charge in [-0.2, -0.15) is 0 Å². The molecule has 6 heteroatoms. The van der Waals surface area contributed by atoms with Gasteiger partial charge in [-0.15, -0.1) is 0 Å². The Morgan fingerprint density at radius 1 is 1.31 bits per heavy atom. The lowest BCUT2D eigenvalue weighted by Gasteiger charge is -2.12. The Hall–Kier alpha value is -1.40. The molecule has 1 N–H and O–H groups in total. The SMILES string of the molecule is Cc1ccc(S(=O)(=O)N(C)C)cc1C(=O)O. The first-order valence-corrected chi connectivity index (χ1v) is 5.97. The van der Waals surface area contributed by atoms with Crippen LogP contribution in [0.4, 0.5) is 0 Å². The maximum atomic E-state index is 11.8. The van der Waals surface area contributed by atoms with E-state index in [1.807, 2.05) is 0 Å². The summed E-state index contributed by atoms with van der Waals surface area (Å²) in [6.07, 6.45) is 0. The van der Waals surface area contributed by atoms with Crippen molar-refractivity contribution in [1.29, 1.82) is 0 Å². The fraction of sp³-hybridized carbons (Fsp3) is 0.300. The lowest BCUT2D eigenvalue weighted by molar-refractivity contribution is 0.0696. The summed E-state index contributed by atoms with van der Waals surface area (Å²) in [4.78, 5) is 10.8. The second kappa shape index (κ2) is 4.23. The molecule has 0 bridgehead atoms. The van der Waals surface area contributed by atoms with Crippen molar-refractivity contribution in [2.75, 3.05) is 14.1 Å². The average molecular weight is 243 g/mol. The van der Waals surface area contributed by atoms with E-state index in [0.29, 0.717) is 5.56 Å². The van der Waals surface area contributed by atoms with Crippen LogP contribution in [0, 0.1) is 6.92 Å². The first-order valence-electron chi connectivity index (χ1n) is 4.53. The second-order valence-electron chi connectivity index (χ2n) is 3.57. The van der Waals surface area contributed by atoms with Crippen LogP contribution in [-0.4, -0.2) is 37.9 Å². The summed E-state index contributed by atoms with van der Waals surface area (Å²) in [7, 11) is -0.783. The smallest absolute Gasteiger partial charge is 0.335 e. The van der Waals surface area contributed by atoms with Crippen molar-refractivity contribution >= 4 is 16.0 Å². The average Bonchev–Trinajstić information content (AvgIpc) is 2.17. The number of carbonyl (C=O) groups is 1. The highest BCUT2D eigenvalue weighted by Crippen LogP contribution is 2.17. The summed E-state index contributed by atoms with van der Waals surface area (Å²) in [5.41, 5.74) is 0.535. The van der Waals surface area contributed by atoms with Gasteiger partial charge in [0.25, 0.3) is 0 Å². The fourth-order valence-electron chi connectivity index (χ4n) is 1.20. The zero-order valence-electron chi connectivity index (χ0n) is 9.26. The standard InChI is InChI=1S/C10H13NO4S/c1-7-4-5-8(6-9(7)10(12)13)16(14,15)11(2)3/h4-6H,1-3H3,(H,12,13). The molecule has 0 atom stereocenters. The molecule has 0 amide bonds. The van der Waals surface area contributed by atoms with Crippen molar-refractivity contribution in [3.8, 4) is 0 Å². The Morgan fingerprint density at radius 2 is 1.88 bits per heavy atom. The van der Waals surface area contributed by atoms with Crippen LogP contribution in [0.5, 0.6) is 0 Å². The summed E-state index contributed by atoms with van der Waals surface area (Å²) in [6, 6.07) is 4.06. The van der Waals surface area contributed by atoms with Gasteiger partial charge in [0.1, 0.15) is 0 Å². The Bertz CT molecular complexity index is 520. The van der Waals surface area contributed by atoms with E-state index in [2.05, 4.69) is 0 Å². The highest BCUT2D eigenvalue weighted by molar-refractivity contribution is 7.89. The number of aryl methyl sites for hydroxylation is 1. The van der Waals surface area contributed by atoms with Gasteiger partial charge in [-0.3, -0.25) is 0 Å². The number of rotatable bonds is 3. The van der Waals surface area contributed by atoms with E-state index in [1.54, 1.807) is 6.92 Å². The number of hydrogen-bond acceptors (Lipinski definition) is 3. The van der Waals surface area contributed by atoms with Gasteiger partial charge in [-0.1, -0.05) is 6.07 Å². The number of sulfonamides is 1. The lowest BCUT2D eigenvalue weighted by atomic mass is 10.1. The third-order valence-corrected chi connectivity index (χ3v) is 4.03. The van der Waals surface area contributed by atoms with Crippen LogP contribution >= 0.6 is 0 Å². The van der Waals surface area contributed by atoms with Crippen molar-refractivity contribution in [2.24, 2.45) is 0 Å². The lowest BCUT2D eigenvalue weighted by Crippen LogP contribution is -2.22. The zero-order chi connectivity index (χ0) is 12.5. The molecule has 0 radical (unpaired) electrons. The first kappa shape index (κ1) is 12.7. The Balaban J connectivity index is 3.40. The fourth-order valence-corrected chi connectivity index (χ4v) is 2.13. The Morgan fingerprint density at radius 3 is 2.31 bits per heavy atom. The maximum absolute atomic E-state index is 11.8. The minimum absolute atomic E-state index is 0.00271. The van der Waals surface area contributed by atoms with Crippen LogP contribution in [0.15, 0.2) is 23.1 Å². The highest BCUT2D eigenvalue weighted by atomic mass is 32.2. The molecule has 0 fully saturated rings. The minimum Gasteiger partial charge on any atom is -0.478 e. The molecule has 88 valence electrons. The zero-order valence-corrected chi connectivity index (χ0v) is 10.1. The highest BCUT2D eigenvalue weighted by Gasteiger charge is 2.19. The summed E-state index contributed by atoms with van der Waals surface area (Å²) in [5.74, 6) is -1.13. The predicted octanol–water partition coefficient (Wildman–Crippen LogP) is 0.944. The van der Waals surface area contributed by atoms with E-state index < -0.39 is 16.0 Å². The second-order valence-corrected chi connectivity index (χ2v) is 5.72. The van der Waals surface area contributed by atoms with Gasteiger partial charge in [0.15, 0.2) is 0 Å². The van der Waals surface area contributed by atoms with E-state index in [4.69, 9.17) is 5.11 Å². The molecule has 1 rings (SSSR count). The van der Waals surface area contributed by atoms with Crippen LogP contribution in [0.2, 0.25) is 0 Å². The number of carboxylic acid groups (broad SMARTS) is 1. The van der Waals surface area contributed by atoms with Gasteiger partial charge >= 0.3 is 5.97 Å². The van der Waals surface area contributed by atoms with E-state index in [9.17, 15) is 13.2 Å². The van der Waals surface area contributed by atoms with E-state index >= 15 is 0 Å². The molecule has 1 aromatic carbocycles. The molecule has 0 unspecified atom stereocenters. The minimum atomic E-state index is -3.58. The Labute approximate surface area is 94.4 Å². The maximum Gasteiger partial charge on any atom is 0.335 e. The van der Waals surface area contributed by atoms with Crippen molar-refractivity contribution in [3.63, 3.8) is 0 Å². The van der Waals surface area contributed by atoms with E-state index in [1.165, 1.54) is 32.3 Å². The Kier molecular flexibility index (Phi) is 3.35. The van der Waals surface area contributed by atoms with Crippen molar-refractivity contribution in [3.05, 3.63) is 29.3 Å². The topological polar surface area (TPSA) is 74.7 Å². The van der Waals surface area contributed by atoms with Gasteiger partial charge in [-0.05, 0) is 24.6 Å². The van der Waals surface area contributed by atoms with Crippen LogP contribution in [0.3, 0.4) is 0 Å². The predicted molar refractivity (Wildman–Crippen MR) is 59.0 cm³/mol. The van der Waals surface area contributed by atoms with Gasteiger partial charge in [-0.25, -0.2) is 17.5 Å². The molecule has 0 heterocycles. The summed E-state index contributed by atoms with van der Waals surface area (Å²) < 4.78 is 24.5.